The second-order valence-corrected chi connectivity index (χ2v) is 6.16. The number of nitrogens with one attached hydrogen (secondary N) is 1. The Hall–Kier alpha value is -2.36. The number of anilines is 3. The molecule has 0 aliphatic carbocycles. The maximum absolute atomic E-state index is 5.50. The van der Waals surface area contributed by atoms with Gasteiger partial charge in [0.15, 0.2) is 0 Å². The van der Waals surface area contributed by atoms with Gasteiger partial charge >= 0.3 is 0 Å². The fourth-order valence-corrected chi connectivity index (χ4v) is 3.58. The molecule has 0 unspecified atom stereocenters. The average Bonchev–Trinajstić information content (AvgIpc) is 3.09. The normalized spacial score (nSPS) is 16.9. The Kier molecular flexibility index (Phi) is 3.74. The van der Waals surface area contributed by atoms with Gasteiger partial charge in [-0.05, 0) is 42.3 Å². The van der Waals surface area contributed by atoms with Gasteiger partial charge in [0.05, 0.1) is 12.8 Å². The molecule has 4 nitrogen and oxygen atoms in total. The summed E-state index contributed by atoms with van der Waals surface area (Å²) in [5, 5.41) is 3.43. The molecule has 0 atom stereocenters. The minimum Gasteiger partial charge on any atom is -0.495 e. The molecule has 1 fully saturated rings. The minimum atomic E-state index is 0.963. The molecule has 2 aliphatic rings. The van der Waals surface area contributed by atoms with Gasteiger partial charge in [-0.3, -0.25) is 0 Å². The maximum atomic E-state index is 5.50. The summed E-state index contributed by atoms with van der Waals surface area (Å²) >= 11 is 0. The number of rotatable bonds is 3. The number of fused-ring (bicyclic) bond motifs is 1. The molecular formula is C19H23N3O. The van der Waals surface area contributed by atoms with Crippen molar-refractivity contribution in [3.8, 4) is 5.75 Å². The zero-order valence-corrected chi connectivity index (χ0v) is 13.6. The quantitative estimate of drug-likeness (QED) is 0.943. The van der Waals surface area contributed by atoms with E-state index in [1.165, 1.54) is 22.6 Å². The van der Waals surface area contributed by atoms with Crippen LogP contribution in [0.3, 0.4) is 0 Å². The van der Waals surface area contributed by atoms with E-state index in [0.717, 1.165) is 44.9 Å². The summed E-state index contributed by atoms with van der Waals surface area (Å²) in [4.78, 5) is 4.91. The summed E-state index contributed by atoms with van der Waals surface area (Å²) in [6.07, 6.45) is 1.14. The number of piperazine rings is 1. The highest BCUT2D eigenvalue weighted by molar-refractivity contribution is 5.64. The summed E-state index contributed by atoms with van der Waals surface area (Å²) in [7, 11) is 1.74. The van der Waals surface area contributed by atoms with Gasteiger partial charge in [-0.1, -0.05) is 12.1 Å². The van der Waals surface area contributed by atoms with E-state index in [4.69, 9.17) is 4.74 Å². The molecule has 0 saturated carbocycles. The van der Waals surface area contributed by atoms with Crippen LogP contribution in [-0.2, 0) is 6.42 Å². The van der Waals surface area contributed by atoms with Crippen LogP contribution in [0.1, 0.15) is 5.56 Å². The van der Waals surface area contributed by atoms with E-state index in [0.29, 0.717) is 0 Å². The first-order valence-electron chi connectivity index (χ1n) is 8.35. The second-order valence-electron chi connectivity index (χ2n) is 6.16. The lowest BCUT2D eigenvalue weighted by atomic mass is 10.1. The number of para-hydroxylation sites is 2. The highest BCUT2D eigenvalue weighted by Gasteiger charge is 2.21. The summed E-state index contributed by atoms with van der Waals surface area (Å²) < 4.78 is 5.50. The molecule has 2 aromatic carbocycles. The van der Waals surface area contributed by atoms with E-state index in [-0.39, 0.29) is 0 Å². The van der Waals surface area contributed by atoms with E-state index in [2.05, 4.69) is 45.4 Å². The molecule has 1 N–H and O–H groups in total. The third kappa shape index (κ3) is 2.69. The predicted octanol–water partition coefficient (Wildman–Crippen LogP) is 2.99. The predicted molar refractivity (Wildman–Crippen MR) is 96.1 cm³/mol. The Bertz CT molecular complexity index is 693. The van der Waals surface area contributed by atoms with Gasteiger partial charge in [0, 0.05) is 44.1 Å². The van der Waals surface area contributed by atoms with E-state index >= 15 is 0 Å². The van der Waals surface area contributed by atoms with Crippen LogP contribution in [0.15, 0.2) is 42.5 Å². The van der Waals surface area contributed by atoms with Gasteiger partial charge in [0.25, 0.3) is 0 Å². The van der Waals surface area contributed by atoms with Crippen molar-refractivity contribution in [2.24, 2.45) is 0 Å². The fourth-order valence-electron chi connectivity index (χ4n) is 3.58. The zero-order valence-electron chi connectivity index (χ0n) is 13.6. The Morgan fingerprint density at radius 3 is 2.57 bits per heavy atom. The third-order valence-electron chi connectivity index (χ3n) is 4.87. The first-order chi connectivity index (χ1) is 11.3. The smallest absolute Gasteiger partial charge is 0.142 e. The fraction of sp³-hybridized carbons (Fsp3) is 0.368. The van der Waals surface area contributed by atoms with Crippen LogP contribution in [-0.4, -0.2) is 39.8 Å². The number of hydrogen-bond donors (Lipinski definition) is 1. The summed E-state index contributed by atoms with van der Waals surface area (Å²) in [5.41, 5.74) is 5.32. The van der Waals surface area contributed by atoms with E-state index in [9.17, 15) is 0 Å². The lowest BCUT2D eigenvalue weighted by Gasteiger charge is -2.38. The van der Waals surface area contributed by atoms with Gasteiger partial charge in [-0.2, -0.15) is 0 Å². The number of ether oxygens (including phenoxy) is 1. The van der Waals surface area contributed by atoms with Crippen LogP contribution in [0, 0.1) is 0 Å². The molecular weight excluding hydrogens is 286 g/mol. The van der Waals surface area contributed by atoms with Gasteiger partial charge in [-0.15, -0.1) is 0 Å². The molecule has 2 heterocycles. The van der Waals surface area contributed by atoms with Crippen molar-refractivity contribution < 1.29 is 4.74 Å². The monoisotopic (exact) mass is 309 g/mol. The topological polar surface area (TPSA) is 27.7 Å². The SMILES string of the molecule is COc1ccccc1N1CCN(c2ccc3c(c2)CCN3)CC1. The number of methoxy groups -OCH3 is 1. The van der Waals surface area contributed by atoms with Gasteiger partial charge in [-0.25, -0.2) is 0 Å². The molecule has 120 valence electrons. The molecule has 23 heavy (non-hydrogen) atoms. The lowest BCUT2D eigenvalue weighted by molar-refractivity contribution is 0.413. The van der Waals surface area contributed by atoms with E-state index in [1.54, 1.807) is 7.11 Å². The molecule has 0 spiro atoms. The Balaban J connectivity index is 1.47. The molecule has 1 saturated heterocycles. The van der Waals surface area contributed by atoms with Crippen LogP contribution in [0.2, 0.25) is 0 Å². The third-order valence-corrected chi connectivity index (χ3v) is 4.87. The molecule has 0 bridgehead atoms. The van der Waals surface area contributed by atoms with Crippen molar-refractivity contribution in [1.29, 1.82) is 0 Å². The highest BCUT2D eigenvalue weighted by atomic mass is 16.5. The molecule has 0 radical (unpaired) electrons. The Morgan fingerprint density at radius 1 is 0.957 bits per heavy atom. The first kappa shape index (κ1) is 14.2. The summed E-state index contributed by atoms with van der Waals surface area (Å²) in [6.45, 7) is 5.21. The molecule has 2 aliphatic heterocycles. The van der Waals surface area contributed by atoms with Crippen molar-refractivity contribution in [1.82, 2.24) is 0 Å². The van der Waals surface area contributed by atoms with Crippen LogP contribution in [0.25, 0.3) is 0 Å². The van der Waals surface area contributed by atoms with Gasteiger partial charge < -0.3 is 19.9 Å². The molecule has 0 aromatic heterocycles. The van der Waals surface area contributed by atoms with Crippen molar-refractivity contribution in [3.63, 3.8) is 0 Å². The largest absolute Gasteiger partial charge is 0.495 e. The van der Waals surface area contributed by atoms with Crippen LogP contribution in [0.4, 0.5) is 17.1 Å². The maximum Gasteiger partial charge on any atom is 0.142 e. The molecule has 4 heteroatoms. The zero-order chi connectivity index (χ0) is 15.6. The van der Waals surface area contributed by atoms with Gasteiger partial charge in [0.1, 0.15) is 5.75 Å². The average molecular weight is 309 g/mol. The van der Waals surface area contributed by atoms with Crippen LogP contribution >= 0.6 is 0 Å². The van der Waals surface area contributed by atoms with E-state index in [1.807, 2.05) is 12.1 Å². The van der Waals surface area contributed by atoms with Crippen molar-refractivity contribution >= 4 is 17.1 Å². The lowest BCUT2D eigenvalue weighted by Crippen LogP contribution is -2.46. The Labute approximate surface area is 137 Å². The van der Waals surface area contributed by atoms with Crippen LogP contribution in [0.5, 0.6) is 5.75 Å². The minimum absolute atomic E-state index is 0.963. The van der Waals surface area contributed by atoms with Crippen molar-refractivity contribution in [2.75, 3.05) is 55.0 Å². The van der Waals surface area contributed by atoms with Crippen molar-refractivity contribution in [3.05, 3.63) is 48.0 Å². The van der Waals surface area contributed by atoms with Crippen molar-refractivity contribution in [2.45, 2.75) is 6.42 Å². The highest BCUT2D eigenvalue weighted by Crippen LogP contribution is 2.31. The van der Waals surface area contributed by atoms with E-state index < -0.39 is 0 Å². The number of nitrogens with zero attached hydrogens (tertiary/aromatic N) is 2. The molecule has 4 rings (SSSR count). The number of hydrogen-bond acceptors (Lipinski definition) is 4. The number of benzene rings is 2. The first-order valence-corrected chi connectivity index (χ1v) is 8.35. The van der Waals surface area contributed by atoms with Gasteiger partial charge in [0.2, 0.25) is 0 Å². The Morgan fingerprint density at radius 2 is 1.74 bits per heavy atom. The van der Waals surface area contributed by atoms with Crippen LogP contribution < -0.4 is 19.9 Å². The molecule has 2 aromatic rings. The molecule has 0 amide bonds. The standard InChI is InChI=1S/C19H23N3O/c1-23-19-5-3-2-4-18(19)22-12-10-21(11-13-22)16-6-7-17-15(14-16)8-9-20-17/h2-7,14,20H,8-13H2,1H3. The summed E-state index contributed by atoms with van der Waals surface area (Å²) in [5.74, 6) is 0.963. The summed E-state index contributed by atoms with van der Waals surface area (Å²) in [6, 6.07) is 15.1. The second kappa shape index (κ2) is 6.03.